The van der Waals surface area contributed by atoms with Crippen LogP contribution in [0.15, 0.2) is 18.3 Å². The third-order valence-corrected chi connectivity index (χ3v) is 4.33. The van der Waals surface area contributed by atoms with Crippen molar-refractivity contribution in [1.82, 2.24) is 9.88 Å². The molecule has 0 N–H and O–H groups in total. The first-order valence-corrected chi connectivity index (χ1v) is 7.29. The normalized spacial score (nSPS) is 19.2. The maximum atomic E-state index is 12.2. The zero-order valence-corrected chi connectivity index (χ0v) is 11.8. The largest absolute Gasteiger partial charge is 0.365 e. The fraction of sp³-hybridized carbons (Fsp3) is 0.571. The highest BCUT2D eigenvalue weighted by molar-refractivity contribution is 5.79. The summed E-state index contributed by atoms with van der Waals surface area (Å²) in [4.78, 5) is 30.1. The number of anilines is 1. The van der Waals surface area contributed by atoms with Crippen molar-refractivity contribution in [3.63, 3.8) is 0 Å². The first kappa shape index (κ1) is 13.8. The standard InChI is InChI=1S/C14H18N4O3/c19-14(11-2-1-3-11)17-8-6-16(7-9-17)12-4-5-13(15-10-12)18(20)21/h4-5,10-11H,1-3,6-9H2. The molecule has 1 saturated carbocycles. The number of hydrogen-bond acceptors (Lipinski definition) is 5. The molecule has 1 aromatic heterocycles. The van der Waals surface area contributed by atoms with E-state index in [0.29, 0.717) is 19.0 Å². The molecule has 0 atom stereocenters. The van der Waals surface area contributed by atoms with E-state index in [2.05, 4.69) is 9.88 Å². The van der Waals surface area contributed by atoms with E-state index >= 15 is 0 Å². The monoisotopic (exact) mass is 290 g/mol. The minimum atomic E-state index is -0.501. The van der Waals surface area contributed by atoms with E-state index in [1.807, 2.05) is 4.90 Å². The third-order valence-electron chi connectivity index (χ3n) is 4.33. The van der Waals surface area contributed by atoms with Crippen LogP contribution in [0.1, 0.15) is 19.3 Å². The zero-order chi connectivity index (χ0) is 14.8. The molecule has 1 amide bonds. The molecule has 7 nitrogen and oxygen atoms in total. The van der Waals surface area contributed by atoms with Crippen LogP contribution in [0.2, 0.25) is 0 Å². The predicted molar refractivity (Wildman–Crippen MR) is 77.0 cm³/mol. The van der Waals surface area contributed by atoms with Gasteiger partial charge in [-0.2, -0.15) is 0 Å². The van der Waals surface area contributed by atoms with Gasteiger partial charge in [-0.25, -0.2) is 0 Å². The van der Waals surface area contributed by atoms with E-state index in [1.165, 1.54) is 18.7 Å². The average molecular weight is 290 g/mol. The summed E-state index contributed by atoms with van der Waals surface area (Å²) in [7, 11) is 0. The van der Waals surface area contributed by atoms with Crippen LogP contribution >= 0.6 is 0 Å². The van der Waals surface area contributed by atoms with Crippen LogP contribution in [0, 0.1) is 16.0 Å². The second kappa shape index (κ2) is 5.67. The van der Waals surface area contributed by atoms with Crippen molar-refractivity contribution in [2.45, 2.75) is 19.3 Å². The number of carbonyl (C=O) groups is 1. The van der Waals surface area contributed by atoms with E-state index in [0.717, 1.165) is 31.6 Å². The van der Waals surface area contributed by atoms with Gasteiger partial charge in [0.05, 0.1) is 5.69 Å². The highest BCUT2D eigenvalue weighted by Crippen LogP contribution is 2.29. The van der Waals surface area contributed by atoms with E-state index in [1.54, 1.807) is 6.07 Å². The summed E-state index contributed by atoms with van der Waals surface area (Å²) in [5.41, 5.74) is 0.872. The van der Waals surface area contributed by atoms with Crippen LogP contribution in [-0.4, -0.2) is 46.9 Å². The van der Waals surface area contributed by atoms with E-state index in [9.17, 15) is 14.9 Å². The molecule has 1 saturated heterocycles. The van der Waals surface area contributed by atoms with Gasteiger partial charge in [-0.3, -0.25) is 4.79 Å². The Labute approximate surface area is 122 Å². The topological polar surface area (TPSA) is 79.6 Å². The van der Waals surface area contributed by atoms with Crippen LogP contribution in [0.4, 0.5) is 11.5 Å². The van der Waals surface area contributed by atoms with Crippen molar-refractivity contribution in [3.8, 4) is 0 Å². The summed E-state index contributed by atoms with van der Waals surface area (Å²) in [6, 6.07) is 3.13. The number of hydrogen-bond donors (Lipinski definition) is 0. The summed E-state index contributed by atoms with van der Waals surface area (Å²) in [5, 5.41) is 10.6. The van der Waals surface area contributed by atoms with Crippen molar-refractivity contribution >= 4 is 17.4 Å². The van der Waals surface area contributed by atoms with Gasteiger partial charge < -0.3 is 19.9 Å². The Morgan fingerprint density at radius 3 is 2.43 bits per heavy atom. The minimum absolute atomic E-state index is 0.141. The molecule has 2 heterocycles. The molecule has 1 aromatic rings. The molecule has 2 fully saturated rings. The molecular formula is C14H18N4O3. The maximum absolute atomic E-state index is 12.2. The van der Waals surface area contributed by atoms with Gasteiger partial charge in [0, 0.05) is 38.2 Å². The predicted octanol–water partition coefficient (Wildman–Crippen LogP) is 1.44. The summed E-state index contributed by atoms with van der Waals surface area (Å²) >= 11 is 0. The van der Waals surface area contributed by atoms with Crippen molar-refractivity contribution in [2.75, 3.05) is 31.1 Å². The van der Waals surface area contributed by atoms with E-state index in [-0.39, 0.29) is 11.7 Å². The second-order valence-electron chi connectivity index (χ2n) is 5.57. The SMILES string of the molecule is O=C(C1CCC1)N1CCN(c2ccc([N+](=O)[O-])nc2)CC1. The number of nitrogens with zero attached hydrogens (tertiary/aromatic N) is 4. The van der Waals surface area contributed by atoms with Crippen molar-refractivity contribution in [2.24, 2.45) is 5.92 Å². The molecule has 2 aliphatic rings. The molecule has 112 valence electrons. The van der Waals surface area contributed by atoms with Crippen LogP contribution < -0.4 is 4.90 Å². The van der Waals surface area contributed by atoms with Crippen molar-refractivity contribution < 1.29 is 9.72 Å². The fourth-order valence-electron chi connectivity index (χ4n) is 2.77. The Bertz CT molecular complexity index is 534. The van der Waals surface area contributed by atoms with E-state index in [4.69, 9.17) is 0 Å². The summed E-state index contributed by atoms with van der Waals surface area (Å²) < 4.78 is 0. The highest BCUT2D eigenvalue weighted by Gasteiger charge is 2.31. The van der Waals surface area contributed by atoms with Gasteiger partial charge >= 0.3 is 5.82 Å². The summed E-state index contributed by atoms with van der Waals surface area (Å²) in [6.07, 6.45) is 4.77. The first-order valence-electron chi connectivity index (χ1n) is 7.29. The van der Waals surface area contributed by atoms with Crippen LogP contribution in [0.5, 0.6) is 0 Å². The lowest BCUT2D eigenvalue weighted by Crippen LogP contribution is -2.51. The van der Waals surface area contributed by atoms with Gasteiger partial charge in [-0.05, 0) is 28.8 Å². The number of rotatable bonds is 3. The number of amides is 1. The van der Waals surface area contributed by atoms with Crippen LogP contribution in [-0.2, 0) is 4.79 Å². The Balaban J connectivity index is 1.57. The smallest absolute Gasteiger partial charge is 0.363 e. The van der Waals surface area contributed by atoms with Gasteiger partial charge in [0.2, 0.25) is 5.91 Å². The molecule has 0 unspecified atom stereocenters. The molecule has 7 heteroatoms. The lowest BCUT2D eigenvalue weighted by atomic mass is 9.84. The average Bonchev–Trinajstić information content (AvgIpc) is 2.46. The lowest BCUT2D eigenvalue weighted by Gasteiger charge is -2.38. The minimum Gasteiger partial charge on any atom is -0.365 e. The Morgan fingerprint density at radius 2 is 1.95 bits per heavy atom. The van der Waals surface area contributed by atoms with Crippen molar-refractivity contribution in [1.29, 1.82) is 0 Å². The van der Waals surface area contributed by atoms with Gasteiger partial charge in [0.25, 0.3) is 0 Å². The summed E-state index contributed by atoms with van der Waals surface area (Å²) in [6.45, 7) is 2.93. The molecule has 21 heavy (non-hydrogen) atoms. The van der Waals surface area contributed by atoms with Crippen LogP contribution in [0.3, 0.4) is 0 Å². The fourth-order valence-corrected chi connectivity index (χ4v) is 2.77. The third kappa shape index (κ3) is 2.81. The number of aromatic nitrogens is 1. The Morgan fingerprint density at radius 1 is 1.24 bits per heavy atom. The van der Waals surface area contributed by atoms with E-state index < -0.39 is 4.92 Å². The Kier molecular flexibility index (Phi) is 3.72. The first-order chi connectivity index (χ1) is 10.1. The number of nitro groups is 1. The molecule has 1 aliphatic heterocycles. The van der Waals surface area contributed by atoms with Crippen molar-refractivity contribution in [3.05, 3.63) is 28.4 Å². The van der Waals surface area contributed by atoms with Gasteiger partial charge in [0.15, 0.2) is 6.20 Å². The highest BCUT2D eigenvalue weighted by atomic mass is 16.6. The number of pyridine rings is 1. The molecule has 3 rings (SSSR count). The quantitative estimate of drug-likeness (QED) is 0.621. The van der Waals surface area contributed by atoms with Crippen LogP contribution in [0.25, 0.3) is 0 Å². The molecule has 0 bridgehead atoms. The summed E-state index contributed by atoms with van der Waals surface area (Å²) in [5.74, 6) is 0.401. The van der Waals surface area contributed by atoms with Gasteiger partial charge in [-0.15, -0.1) is 0 Å². The number of piperazine rings is 1. The number of carbonyl (C=O) groups excluding carboxylic acids is 1. The molecule has 1 aliphatic carbocycles. The molecule has 0 spiro atoms. The Hall–Kier alpha value is -2.18. The molecule has 0 radical (unpaired) electrons. The van der Waals surface area contributed by atoms with Gasteiger partial charge in [-0.1, -0.05) is 6.42 Å². The molecule has 0 aromatic carbocycles. The molecular weight excluding hydrogens is 272 g/mol. The maximum Gasteiger partial charge on any atom is 0.363 e. The van der Waals surface area contributed by atoms with Gasteiger partial charge in [0.1, 0.15) is 0 Å². The lowest BCUT2D eigenvalue weighted by molar-refractivity contribution is -0.389. The second-order valence-corrected chi connectivity index (χ2v) is 5.57. The zero-order valence-electron chi connectivity index (χ0n) is 11.8.